The topological polar surface area (TPSA) is 57.2 Å². The first kappa shape index (κ1) is 21.6. The fraction of sp³-hybridized carbons (Fsp3) is 0.308. The van der Waals surface area contributed by atoms with Gasteiger partial charge < -0.3 is 24.1 Å². The Labute approximate surface area is 192 Å². The Bertz CT molecular complexity index is 971. The van der Waals surface area contributed by atoms with Gasteiger partial charge in [-0.05, 0) is 17.7 Å². The van der Waals surface area contributed by atoms with E-state index in [9.17, 15) is 5.11 Å². The molecule has 3 unspecified atom stereocenters. The molecule has 0 bridgehead atoms. The molecule has 6 atom stereocenters. The SMILES string of the molecule is OC1[C@@H](Sc2ccccc2)OC2COC(c3ccccc3)O[C@H]2[C@H]1OCc1ccccc1. The highest BCUT2D eigenvalue weighted by atomic mass is 32.2. The predicted octanol–water partition coefficient (Wildman–Crippen LogP) is 4.56. The summed E-state index contributed by atoms with van der Waals surface area (Å²) in [6.07, 6.45) is -2.71. The van der Waals surface area contributed by atoms with Crippen molar-refractivity contribution in [2.75, 3.05) is 6.61 Å². The molecule has 5 nitrogen and oxygen atoms in total. The minimum atomic E-state index is -0.861. The second kappa shape index (κ2) is 10.2. The summed E-state index contributed by atoms with van der Waals surface area (Å²) in [4.78, 5) is 1.02. The smallest absolute Gasteiger partial charge is 0.184 e. The van der Waals surface area contributed by atoms with Crippen molar-refractivity contribution in [3.05, 3.63) is 102 Å². The van der Waals surface area contributed by atoms with Crippen molar-refractivity contribution in [3.63, 3.8) is 0 Å². The maximum absolute atomic E-state index is 11.3. The van der Waals surface area contributed by atoms with Crippen molar-refractivity contribution >= 4 is 11.8 Å². The molecule has 2 heterocycles. The van der Waals surface area contributed by atoms with Crippen molar-refractivity contribution in [3.8, 4) is 0 Å². The lowest BCUT2D eigenvalue weighted by molar-refractivity contribution is -0.325. The summed E-state index contributed by atoms with van der Waals surface area (Å²) in [6.45, 7) is 0.753. The van der Waals surface area contributed by atoms with Gasteiger partial charge in [0.05, 0.1) is 13.2 Å². The maximum atomic E-state index is 11.3. The van der Waals surface area contributed by atoms with E-state index >= 15 is 0 Å². The van der Waals surface area contributed by atoms with Crippen molar-refractivity contribution < 1.29 is 24.1 Å². The van der Waals surface area contributed by atoms with Gasteiger partial charge in [0.2, 0.25) is 0 Å². The molecule has 0 spiro atoms. The van der Waals surface area contributed by atoms with Crippen LogP contribution in [0.3, 0.4) is 0 Å². The van der Waals surface area contributed by atoms with Crippen LogP contribution in [-0.2, 0) is 25.6 Å². The van der Waals surface area contributed by atoms with Gasteiger partial charge in [-0.3, -0.25) is 0 Å². The highest BCUT2D eigenvalue weighted by Crippen LogP contribution is 2.40. The van der Waals surface area contributed by atoms with Crippen LogP contribution in [0.4, 0.5) is 0 Å². The molecular formula is C26H26O5S. The maximum Gasteiger partial charge on any atom is 0.184 e. The van der Waals surface area contributed by atoms with Crippen LogP contribution >= 0.6 is 11.8 Å². The quantitative estimate of drug-likeness (QED) is 0.594. The molecule has 32 heavy (non-hydrogen) atoms. The summed E-state index contributed by atoms with van der Waals surface area (Å²) in [5.74, 6) is 0. The van der Waals surface area contributed by atoms with E-state index in [1.54, 1.807) is 0 Å². The Hall–Kier alpha value is -2.19. The van der Waals surface area contributed by atoms with Crippen molar-refractivity contribution in [2.45, 2.75) is 47.6 Å². The fourth-order valence-electron chi connectivity index (χ4n) is 4.03. The Kier molecular flexibility index (Phi) is 6.88. The van der Waals surface area contributed by atoms with Crippen LogP contribution < -0.4 is 0 Å². The van der Waals surface area contributed by atoms with Crippen molar-refractivity contribution in [2.24, 2.45) is 0 Å². The molecule has 166 valence electrons. The third-order valence-electron chi connectivity index (χ3n) is 5.66. The van der Waals surface area contributed by atoms with Gasteiger partial charge in [-0.15, -0.1) is 0 Å². The van der Waals surface area contributed by atoms with E-state index < -0.39 is 30.0 Å². The number of benzene rings is 3. The van der Waals surface area contributed by atoms with Gasteiger partial charge in [0.15, 0.2) is 6.29 Å². The van der Waals surface area contributed by atoms with Crippen LogP contribution in [0, 0.1) is 0 Å². The van der Waals surface area contributed by atoms with Crippen LogP contribution in [0.2, 0.25) is 0 Å². The van der Waals surface area contributed by atoms with Gasteiger partial charge >= 0.3 is 0 Å². The molecular weight excluding hydrogens is 424 g/mol. The molecule has 0 saturated carbocycles. The summed E-state index contributed by atoms with van der Waals surface area (Å²) in [7, 11) is 0. The molecule has 3 aromatic rings. The number of thioether (sulfide) groups is 1. The lowest BCUT2D eigenvalue weighted by Gasteiger charge is -2.47. The third-order valence-corrected chi connectivity index (χ3v) is 6.83. The first-order valence-electron chi connectivity index (χ1n) is 10.8. The molecule has 1 N–H and O–H groups in total. The summed E-state index contributed by atoms with van der Waals surface area (Å²) in [6, 6.07) is 29.7. The van der Waals surface area contributed by atoms with Crippen molar-refractivity contribution in [1.29, 1.82) is 0 Å². The zero-order valence-electron chi connectivity index (χ0n) is 17.5. The first-order chi connectivity index (χ1) is 15.8. The highest BCUT2D eigenvalue weighted by Gasteiger charge is 2.50. The van der Waals surface area contributed by atoms with Gasteiger partial charge in [0.25, 0.3) is 0 Å². The van der Waals surface area contributed by atoms with Gasteiger partial charge in [0.1, 0.15) is 29.9 Å². The Morgan fingerprint density at radius 3 is 2.22 bits per heavy atom. The number of fused-ring (bicyclic) bond motifs is 1. The summed E-state index contributed by atoms with van der Waals surface area (Å²) in [5, 5.41) is 11.3. The summed E-state index contributed by atoms with van der Waals surface area (Å²) < 4.78 is 24.8. The van der Waals surface area contributed by atoms with Crippen LogP contribution in [0.5, 0.6) is 0 Å². The van der Waals surface area contributed by atoms with E-state index in [1.807, 2.05) is 91.0 Å². The zero-order chi connectivity index (χ0) is 21.8. The lowest BCUT2D eigenvalue weighted by Crippen LogP contribution is -2.61. The Balaban J connectivity index is 1.36. The average molecular weight is 451 g/mol. The molecule has 2 fully saturated rings. The van der Waals surface area contributed by atoms with E-state index in [0.29, 0.717) is 13.2 Å². The summed E-state index contributed by atoms with van der Waals surface area (Å²) >= 11 is 1.49. The molecule has 0 radical (unpaired) electrons. The number of hydrogen-bond acceptors (Lipinski definition) is 6. The minimum absolute atomic E-state index is 0.333. The van der Waals surface area contributed by atoms with E-state index in [1.165, 1.54) is 11.8 Å². The molecule has 2 aliphatic rings. The average Bonchev–Trinajstić information content (AvgIpc) is 2.86. The number of ether oxygens (including phenoxy) is 4. The second-order valence-corrected chi connectivity index (χ2v) is 9.07. The van der Waals surface area contributed by atoms with E-state index in [2.05, 4.69) is 0 Å². The molecule has 0 aliphatic carbocycles. The van der Waals surface area contributed by atoms with Crippen LogP contribution in [0.25, 0.3) is 0 Å². The van der Waals surface area contributed by atoms with Gasteiger partial charge in [-0.1, -0.05) is 90.6 Å². The molecule has 3 aromatic carbocycles. The molecule has 0 amide bonds. The van der Waals surface area contributed by atoms with Crippen LogP contribution in [0.15, 0.2) is 95.9 Å². The Morgan fingerprint density at radius 1 is 0.844 bits per heavy atom. The monoisotopic (exact) mass is 450 g/mol. The largest absolute Gasteiger partial charge is 0.387 e. The third kappa shape index (κ3) is 4.91. The first-order valence-corrected chi connectivity index (χ1v) is 11.7. The molecule has 6 heteroatoms. The van der Waals surface area contributed by atoms with E-state index in [4.69, 9.17) is 18.9 Å². The zero-order valence-corrected chi connectivity index (χ0v) is 18.3. The number of hydrogen-bond donors (Lipinski definition) is 1. The predicted molar refractivity (Wildman–Crippen MR) is 122 cm³/mol. The van der Waals surface area contributed by atoms with E-state index in [-0.39, 0.29) is 6.10 Å². The van der Waals surface area contributed by atoms with Gasteiger partial charge in [0, 0.05) is 10.5 Å². The molecule has 2 aliphatic heterocycles. The van der Waals surface area contributed by atoms with Gasteiger partial charge in [-0.2, -0.15) is 0 Å². The summed E-state index contributed by atoms with van der Waals surface area (Å²) in [5.41, 5.74) is 1.49. The number of aliphatic hydroxyl groups is 1. The molecule has 0 aromatic heterocycles. The van der Waals surface area contributed by atoms with Gasteiger partial charge in [-0.25, -0.2) is 0 Å². The van der Waals surface area contributed by atoms with Crippen molar-refractivity contribution in [1.82, 2.24) is 0 Å². The molecule has 2 saturated heterocycles. The lowest BCUT2D eigenvalue weighted by atomic mass is 9.98. The molecule has 5 rings (SSSR count). The highest BCUT2D eigenvalue weighted by molar-refractivity contribution is 7.99. The van der Waals surface area contributed by atoms with Crippen LogP contribution in [0.1, 0.15) is 17.4 Å². The standard InChI is InChI=1S/C26H26O5S/c27-22-24(28-16-18-10-4-1-5-11-18)23-21(30-26(22)32-20-14-8-3-9-15-20)17-29-25(31-23)19-12-6-2-7-13-19/h1-15,21-27H,16-17H2/t21?,22?,23-,24+,25?,26-/m1/s1. The fourth-order valence-corrected chi connectivity index (χ4v) is 5.11. The Morgan fingerprint density at radius 2 is 1.50 bits per heavy atom. The number of rotatable bonds is 6. The minimum Gasteiger partial charge on any atom is -0.387 e. The van der Waals surface area contributed by atoms with E-state index in [0.717, 1.165) is 16.0 Å². The van der Waals surface area contributed by atoms with Crippen LogP contribution in [-0.4, -0.2) is 41.6 Å². The number of aliphatic hydroxyl groups excluding tert-OH is 1. The second-order valence-electron chi connectivity index (χ2n) is 7.90. The normalized spacial score (nSPS) is 29.9.